The van der Waals surface area contributed by atoms with Crippen molar-refractivity contribution < 1.29 is 17.9 Å². The zero-order chi connectivity index (χ0) is 10.7. The highest BCUT2D eigenvalue weighted by atomic mass is 32.2. The van der Waals surface area contributed by atoms with Gasteiger partial charge in [-0.3, -0.25) is 0 Å². The average Bonchev–Trinajstić information content (AvgIpc) is 2.26. The van der Waals surface area contributed by atoms with Crippen LogP contribution in [0, 0.1) is 0 Å². The van der Waals surface area contributed by atoms with Gasteiger partial charge >= 0.3 is 0 Å². The maximum Gasteiger partial charge on any atom is 0.201 e. The molecule has 0 saturated carbocycles. The molecule has 2 rings (SSSR count). The average molecular weight is 229 g/mol. The molecule has 0 aliphatic carbocycles. The molecular formula is C9H11NO4S. The molecule has 0 spiro atoms. The SMILES string of the molecule is O=[SH](=O)NCC1COc2ccccc2O1. The summed E-state index contributed by atoms with van der Waals surface area (Å²) in [6, 6.07) is 7.30. The summed E-state index contributed by atoms with van der Waals surface area (Å²) in [5.41, 5.74) is 0. The van der Waals surface area contributed by atoms with Crippen LogP contribution in [0.25, 0.3) is 0 Å². The van der Waals surface area contributed by atoms with Crippen molar-refractivity contribution >= 4 is 10.9 Å². The van der Waals surface area contributed by atoms with E-state index in [0.717, 1.165) is 0 Å². The lowest BCUT2D eigenvalue weighted by molar-refractivity contribution is 0.0944. The molecule has 82 valence electrons. The topological polar surface area (TPSA) is 64.6 Å². The Morgan fingerprint density at radius 1 is 1.33 bits per heavy atom. The summed E-state index contributed by atoms with van der Waals surface area (Å²) in [6.07, 6.45) is -0.271. The Balaban J connectivity index is 1.99. The number of nitrogens with one attached hydrogen (secondary N) is 1. The molecule has 1 aliphatic rings. The van der Waals surface area contributed by atoms with Gasteiger partial charge < -0.3 is 9.47 Å². The molecule has 0 radical (unpaired) electrons. The van der Waals surface area contributed by atoms with Crippen LogP contribution in [0.5, 0.6) is 11.5 Å². The lowest BCUT2D eigenvalue weighted by atomic mass is 10.2. The van der Waals surface area contributed by atoms with Gasteiger partial charge in [-0.1, -0.05) is 12.1 Å². The molecule has 0 bridgehead atoms. The van der Waals surface area contributed by atoms with Crippen LogP contribution in [0.1, 0.15) is 0 Å². The van der Waals surface area contributed by atoms with Crippen LogP contribution < -0.4 is 14.2 Å². The third kappa shape index (κ3) is 2.60. The minimum atomic E-state index is -2.58. The molecule has 1 aromatic rings. The monoisotopic (exact) mass is 229 g/mol. The van der Waals surface area contributed by atoms with Crippen LogP contribution in [0.3, 0.4) is 0 Å². The fourth-order valence-corrected chi connectivity index (χ4v) is 1.69. The number of para-hydroxylation sites is 2. The summed E-state index contributed by atoms with van der Waals surface area (Å²) in [5.74, 6) is 1.34. The highest BCUT2D eigenvalue weighted by molar-refractivity contribution is 7.70. The fraction of sp³-hybridized carbons (Fsp3) is 0.333. The van der Waals surface area contributed by atoms with Crippen molar-refractivity contribution in [3.8, 4) is 11.5 Å². The van der Waals surface area contributed by atoms with Gasteiger partial charge in [0, 0.05) is 0 Å². The van der Waals surface area contributed by atoms with E-state index in [1.807, 2.05) is 18.2 Å². The van der Waals surface area contributed by atoms with Crippen molar-refractivity contribution in [2.45, 2.75) is 6.10 Å². The largest absolute Gasteiger partial charge is 0.486 e. The van der Waals surface area contributed by atoms with Crippen LogP contribution in [-0.4, -0.2) is 27.7 Å². The minimum absolute atomic E-state index is 0.229. The lowest BCUT2D eigenvalue weighted by Crippen LogP contribution is -2.37. The lowest BCUT2D eigenvalue weighted by Gasteiger charge is -2.25. The Labute approximate surface area is 89.1 Å². The normalized spacial score (nSPS) is 19.1. The van der Waals surface area contributed by atoms with Gasteiger partial charge in [-0.2, -0.15) is 0 Å². The molecule has 0 saturated heterocycles. The molecule has 1 N–H and O–H groups in total. The minimum Gasteiger partial charge on any atom is -0.486 e. The van der Waals surface area contributed by atoms with E-state index in [4.69, 9.17) is 9.47 Å². The van der Waals surface area contributed by atoms with Gasteiger partial charge in [0.1, 0.15) is 12.7 Å². The molecule has 1 aromatic carbocycles. The zero-order valence-corrected chi connectivity index (χ0v) is 8.78. The third-order valence-electron chi connectivity index (χ3n) is 2.02. The predicted octanol–water partition coefficient (Wildman–Crippen LogP) is -0.0576. The Morgan fingerprint density at radius 3 is 2.80 bits per heavy atom. The fourth-order valence-electron chi connectivity index (χ4n) is 1.34. The standard InChI is InChI=1S/C9H11NO4S/c11-15(12)10-5-7-6-13-8-3-1-2-4-9(8)14-7/h1-4,7,15H,5-6H2,(H,10,11,12). The quantitative estimate of drug-likeness (QED) is 0.713. The molecule has 1 heterocycles. The van der Waals surface area contributed by atoms with E-state index < -0.39 is 10.9 Å². The first-order chi connectivity index (χ1) is 7.25. The molecule has 0 amide bonds. The number of hydrogen-bond acceptors (Lipinski definition) is 4. The Morgan fingerprint density at radius 2 is 2.07 bits per heavy atom. The van der Waals surface area contributed by atoms with E-state index in [0.29, 0.717) is 18.1 Å². The Kier molecular flexibility index (Phi) is 3.08. The van der Waals surface area contributed by atoms with Crippen molar-refractivity contribution in [3.63, 3.8) is 0 Å². The first kappa shape index (κ1) is 10.3. The molecule has 0 aromatic heterocycles. The number of ether oxygens (including phenoxy) is 2. The van der Waals surface area contributed by atoms with E-state index in [1.165, 1.54) is 0 Å². The van der Waals surface area contributed by atoms with Gasteiger partial charge in [0.2, 0.25) is 10.9 Å². The molecule has 15 heavy (non-hydrogen) atoms. The van der Waals surface area contributed by atoms with Gasteiger partial charge in [-0.25, -0.2) is 13.1 Å². The van der Waals surface area contributed by atoms with Crippen molar-refractivity contribution in [1.82, 2.24) is 4.72 Å². The van der Waals surface area contributed by atoms with E-state index >= 15 is 0 Å². The van der Waals surface area contributed by atoms with Gasteiger partial charge in [0.05, 0.1) is 6.54 Å². The van der Waals surface area contributed by atoms with Gasteiger partial charge in [-0.15, -0.1) is 0 Å². The van der Waals surface area contributed by atoms with Crippen molar-refractivity contribution in [2.24, 2.45) is 0 Å². The first-order valence-electron chi connectivity index (χ1n) is 4.52. The van der Waals surface area contributed by atoms with Gasteiger partial charge in [-0.05, 0) is 12.1 Å². The second-order valence-corrected chi connectivity index (χ2v) is 3.95. The van der Waals surface area contributed by atoms with Crippen LogP contribution in [0.4, 0.5) is 0 Å². The first-order valence-corrected chi connectivity index (χ1v) is 5.70. The molecule has 5 nitrogen and oxygen atoms in total. The van der Waals surface area contributed by atoms with Gasteiger partial charge in [0.25, 0.3) is 0 Å². The summed E-state index contributed by atoms with van der Waals surface area (Å²) < 4.78 is 33.9. The molecule has 0 fully saturated rings. The Bertz CT molecular complexity index is 410. The van der Waals surface area contributed by atoms with E-state index in [9.17, 15) is 8.42 Å². The smallest absolute Gasteiger partial charge is 0.201 e. The number of rotatable bonds is 3. The maximum absolute atomic E-state index is 10.3. The van der Waals surface area contributed by atoms with Crippen molar-refractivity contribution in [1.29, 1.82) is 0 Å². The van der Waals surface area contributed by atoms with Crippen LogP contribution in [-0.2, 0) is 10.9 Å². The summed E-state index contributed by atoms with van der Waals surface area (Å²) in [6.45, 7) is 0.584. The van der Waals surface area contributed by atoms with Crippen LogP contribution >= 0.6 is 0 Å². The van der Waals surface area contributed by atoms with Crippen molar-refractivity contribution in [2.75, 3.05) is 13.2 Å². The summed E-state index contributed by atoms with van der Waals surface area (Å²) in [5, 5.41) is 0. The van der Waals surface area contributed by atoms with Crippen LogP contribution in [0.2, 0.25) is 0 Å². The van der Waals surface area contributed by atoms with E-state index in [-0.39, 0.29) is 12.6 Å². The van der Waals surface area contributed by atoms with Crippen LogP contribution in [0.15, 0.2) is 24.3 Å². The Hall–Kier alpha value is -1.27. The highest BCUT2D eigenvalue weighted by Gasteiger charge is 2.19. The van der Waals surface area contributed by atoms with Crippen molar-refractivity contribution in [3.05, 3.63) is 24.3 Å². The molecule has 6 heteroatoms. The summed E-state index contributed by atoms with van der Waals surface area (Å²) in [4.78, 5) is 0. The molecule has 1 aliphatic heterocycles. The van der Waals surface area contributed by atoms with Gasteiger partial charge in [0.15, 0.2) is 11.5 Å². The van der Waals surface area contributed by atoms with E-state index in [1.54, 1.807) is 6.07 Å². The third-order valence-corrected chi connectivity index (χ3v) is 2.46. The number of fused-ring (bicyclic) bond motifs is 1. The molecule has 1 atom stereocenters. The zero-order valence-electron chi connectivity index (χ0n) is 7.88. The second kappa shape index (κ2) is 4.50. The molecule has 1 unspecified atom stereocenters. The summed E-state index contributed by atoms with van der Waals surface area (Å²) in [7, 11) is -2.58. The second-order valence-electron chi connectivity index (χ2n) is 3.12. The number of hydrogen-bond donors (Lipinski definition) is 2. The predicted molar refractivity (Wildman–Crippen MR) is 54.7 cm³/mol. The molecular weight excluding hydrogens is 218 g/mol. The number of benzene rings is 1. The summed E-state index contributed by atoms with van der Waals surface area (Å²) >= 11 is 0. The van der Waals surface area contributed by atoms with E-state index in [2.05, 4.69) is 4.72 Å². The highest BCUT2D eigenvalue weighted by Crippen LogP contribution is 2.30. The maximum atomic E-state index is 10.3. The number of thiol groups is 1.